The van der Waals surface area contributed by atoms with Crippen LogP contribution in [0.1, 0.15) is 89.4 Å². The first-order valence-corrected chi connectivity index (χ1v) is 18.4. The molecule has 11 heteroatoms. The first kappa shape index (κ1) is 44.5. The first-order chi connectivity index (χ1) is 24.6. The standard InChI is InChI=1S/C40H55N3O7S/c1-5-6-7-8-9-10-11-12-13-14-15-16-17-18-19-20-21-22-25-36(46)49-32-40(3,4)37(50-39(48)34-24-23-27-41-31-34)38(47)43-28-26-35(45)42-29-30-51-33(2)44/h6-7,9-10,12-13,15-16,18-19,21-24,27,31,37H,5,8,11,14,17,20,25-26,28-30,32H2,1-4H3,(H,42,45)(H,43,47)/b7-6-,10-9-,13-12-,16-15-,19-18-,22-21-/t37-/m0/s1. The van der Waals surface area contributed by atoms with Crippen LogP contribution in [0.5, 0.6) is 0 Å². The molecule has 1 rings (SSSR count). The quantitative estimate of drug-likeness (QED) is 0.0611. The predicted molar refractivity (Wildman–Crippen MR) is 205 cm³/mol. The molecule has 1 aromatic rings. The monoisotopic (exact) mass is 721 g/mol. The Hall–Kier alpha value is -4.51. The lowest BCUT2D eigenvalue weighted by Crippen LogP contribution is -2.49. The molecule has 0 saturated heterocycles. The second-order valence-electron chi connectivity index (χ2n) is 12.0. The van der Waals surface area contributed by atoms with Gasteiger partial charge < -0.3 is 20.1 Å². The second-order valence-corrected chi connectivity index (χ2v) is 13.3. The molecule has 0 bridgehead atoms. The van der Waals surface area contributed by atoms with Crippen molar-refractivity contribution in [3.8, 4) is 0 Å². The number of hydrogen-bond acceptors (Lipinski definition) is 9. The van der Waals surface area contributed by atoms with E-state index in [4.69, 9.17) is 9.47 Å². The lowest BCUT2D eigenvalue weighted by molar-refractivity contribution is -0.152. The normalized spacial score (nSPS) is 12.8. The van der Waals surface area contributed by atoms with Crippen LogP contribution in [-0.2, 0) is 28.7 Å². The number of rotatable bonds is 25. The molecule has 51 heavy (non-hydrogen) atoms. The molecule has 2 N–H and O–H groups in total. The third kappa shape index (κ3) is 23.5. The smallest absolute Gasteiger partial charge is 0.340 e. The number of ether oxygens (including phenoxy) is 2. The summed E-state index contributed by atoms with van der Waals surface area (Å²) in [6, 6.07) is 3.08. The summed E-state index contributed by atoms with van der Waals surface area (Å²) in [7, 11) is 0. The fraction of sp³-hybridized carbons (Fsp3) is 0.450. The van der Waals surface area contributed by atoms with E-state index in [9.17, 15) is 24.0 Å². The molecular formula is C40H55N3O7S. The topological polar surface area (TPSA) is 141 Å². The van der Waals surface area contributed by atoms with E-state index >= 15 is 0 Å². The first-order valence-electron chi connectivity index (χ1n) is 17.4. The van der Waals surface area contributed by atoms with Gasteiger partial charge in [0, 0.05) is 50.0 Å². The number of aromatic nitrogens is 1. The average Bonchev–Trinajstić information content (AvgIpc) is 3.11. The number of nitrogens with zero attached hydrogens (tertiary/aromatic N) is 1. The number of nitrogens with one attached hydrogen (secondary N) is 2. The lowest BCUT2D eigenvalue weighted by Gasteiger charge is -2.32. The van der Waals surface area contributed by atoms with Gasteiger partial charge in [-0.3, -0.25) is 24.2 Å². The number of thioether (sulfide) groups is 1. The number of carbonyl (C=O) groups is 5. The Morgan fingerprint density at radius 3 is 1.92 bits per heavy atom. The lowest BCUT2D eigenvalue weighted by atomic mass is 9.86. The van der Waals surface area contributed by atoms with Gasteiger partial charge in [-0.2, -0.15) is 0 Å². The molecule has 0 fully saturated rings. The Morgan fingerprint density at radius 2 is 1.39 bits per heavy atom. The average molecular weight is 722 g/mol. The Morgan fingerprint density at radius 1 is 0.824 bits per heavy atom. The van der Waals surface area contributed by atoms with Gasteiger partial charge >= 0.3 is 11.9 Å². The van der Waals surface area contributed by atoms with Gasteiger partial charge in [0.05, 0.1) is 12.0 Å². The summed E-state index contributed by atoms with van der Waals surface area (Å²) in [5, 5.41) is 5.28. The summed E-state index contributed by atoms with van der Waals surface area (Å²) in [5.41, 5.74) is -0.953. The molecule has 0 spiro atoms. The number of amides is 2. The molecule has 0 radical (unpaired) electrons. The summed E-state index contributed by atoms with van der Waals surface area (Å²) < 4.78 is 11.1. The zero-order valence-corrected chi connectivity index (χ0v) is 31.3. The van der Waals surface area contributed by atoms with E-state index in [1.807, 2.05) is 12.2 Å². The van der Waals surface area contributed by atoms with Crippen molar-refractivity contribution in [1.82, 2.24) is 15.6 Å². The predicted octanol–water partition coefficient (Wildman–Crippen LogP) is 7.17. The van der Waals surface area contributed by atoms with Crippen molar-refractivity contribution in [2.24, 2.45) is 5.41 Å². The van der Waals surface area contributed by atoms with Gasteiger partial charge in [-0.15, -0.1) is 0 Å². The maximum Gasteiger partial charge on any atom is 0.340 e. The van der Waals surface area contributed by atoms with Crippen LogP contribution >= 0.6 is 11.8 Å². The minimum atomic E-state index is -1.33. The Labute approximate surface area is 308 Å². The molecule has 278 valence electrons. The van der Waals surface area contributed by atoms with E-state index in [1.54, 1.807) is 26.0 Å². The molecular weight excluding hydrogens is 667 g/mol. The van der Waals surface area contributed by atoms with Gasteiger partial charge in [-0.1, -0.05) is 105 Å². The highest BCUT2D eigenvalue weighted by molar-refractivity contribution is 8.13. The van der Waals surface area contributed by atoms with E-state index in [0.717, 1.165) is 43.9 Å². The van der Waals surface area contributed by atoms with Crippen molar-refractivity contribution in [3.63, 3.8) is 0 Å². The highest BCUT2D eigenvalue weighted by Crippen LogP contribution is 2.26. The Bertz CT molecular complexity index is 1380. The van der Waals surface area contributed by atoms with Crippen molar-refractivity contribution in [1.29, 1.82) is 0 Å². The summed E-state index contributed by atoms with van der Waals surface area (Å²) in [6.07, 6.45) is 31.9. The van der Waals surface area contributed by atoms with Gasteiger partial charge in [-0.05, 0) is 50.7 Å². The summed E-state index contributed by atoms with van der Waals surface area (Å²) in [4.78, 5) is 65.6. The van der Waals surface area contributed by atoms with E-state index in [2.05, 4.69) is 77.2 Å². The molecule has 0 aliphatic heterocycles. The summed E-state index contributed by atoms with van der Waals surface area (Å²) >= 11 is 1.11. The van der Waals surface area contributed by atoms with Crippen LogP contribution < -0.4 is 10.6 Å². The molecule has 0 unspecified atom stereocenters. The molecule has 1 heterocycles. The van der Waals surface area contributed by atoms with Crippen LogP contribution in [0.25, 0.3) is 0 Å². The van der Waals surface area contributed by atoms with Crippen molar-refractivity contribution in [2.75, 3.05) is 25.4 Å². The van der Waals surface area contributed by atoms with Gasteiger partial charge in [0.1, 0.15) is 6.61 Å². The summed E-state index contributed by atoms with van der Waals surface area (Å²) in [5.74, 6) is -1.73. The molecule has 1 aromatic heterocycles. The fourth-order valence-corrected chi connectivity index (χ4v) is 4.69. The fourth-order valence-electron chi connectivity index (χ4n) is 4.19. The highest BCUT2D eigenvalue weighted by Gasteiger charge is 2.40. The zero-order valence-electron chi connectivity index (χ0n) is 30.5. The third-order valence-electron chi connectivity index (χ3n) is 6.94. The number of esters is 2. The van der Waals surface area contributed by atoms with Crippen LogP contribution in [-0.4, -0.2) is 65.4 Å². The largest absolute Gasteiger partial charge is 0.465 e. The molecule has 1 atom stereocenters. The van der Waals surface area contributed by atoms with Gasteiger partial charge in [-0.25, -0.2) is 4.79 Å². The van der Waals surface area contributed by atoms with Gasteiger partial charge in [0.15, 0.2) is 11.2 Å². The highest BCUT2D eigenvalue weighted by atomic mass is 32.2. The van der Waals surface area contributed by atoms with Crippen LogP contribution in [0.15, 0.2) is 97.4 Å². The van der Waals surface area contributed by atoms with Crippen LogP contribution in [0.3, 0.4) is 0 Å². The van der Waals surface area contributed by atoms with E-state index in [0.29, 0.717) is 18.7 Å². The van der Waals surface area contributed by atoms with Crippen molar-refractivity contribution in [3.05, 3.63) is 103 Å². The third-order valence-corrected chi connectivity index (χ3v) is 7.75. The Balaban J connectivity index is 2.52. The van der Waals surface area contributed by atoms with Crippen LogP contribution in [0.4, 0.5) is 0 Å². The van der Waals surface area contributed by atoms with Gasteiger partial charge in [0.2, 0.25) is 5.91 Å². The SMILES string of the molecule is CC/C=C\C/C=C\C/C=C\C/C=C\C/C=C\C/C=C\CC(=O)OCC(C)(C)[C@@H](OC(=O)c1cccnc1)C(=O)NCCC(=O)NCCSC(C)=O. The van der Waals surface area contributed by atoms with Crippen molar-refractivity contribution < 1.29 is 33.4 Å². The number of pyridine rings is 1. The van der Waals surface area contributed by atoms with Gasteiger partial charge in [0.25, 0.3) is 5.91 Å². The minimum absolute atomic E-state index is 0.00991. The maximum absolute atomic E-state index is 13.2. The van der Waals surface area contributed by atoms with Crippen molar-refractivity contribution in [2.45, 2.75) is 85.2 Å². The number of carbonyl (C=O) groups excluding carboxylic acids is 5. The molecule has 0 aliphatic rings. The molecule has 2 amide bonds. The van der Waals surface area contributed by atoms with E-state index < -0.39 is 29.4 Å². The molecule has 0 saturated carbocycles. The van der Waals surface area contributed by atoms with Crippen molar-refractivity contribution >= 4 is 40.6 Å². The minimum Gasteiger partial charge on any atom is -0.465 e. The number of allylic oxidation sites excluding steroid dienone is 11. The summed E-state index contributed by atoms with van der Waals surface area (Å²) in [6.45, 7) is 7.00. The zero-order chi connectivity index (χ0) is 37.6. The molecule has 0 aliphatic carbocycles. The van der Waals surface area contributed by atoms with E-state index in [-0.39, 0.29) is 42.6 Å². The number of hydrogen-bond donors (Lipinski definition) is 2. The maximum atomic E-state index is 13.2. The van der Waals surface area contributed by atoms with E-state index in [1.165, 1.54) is 25.4 Å². The van der Waals surface area contributed by atoms with Crippen LogP contribution in [0, 0.1) is 5.41 Å². The molecule has 10 nitrogen and oxygen atoms in total. The second kappa shape index (κ2) is 28.2. The molecule has 0 aromatic carbocycles. The van der Waals surface area contributed by atoms with Crippen LogP contribution in [0.2, 0.25) is 0 Å². The Kier molecular flexibility index (Phi) is 24.6.